The van der Waals surface area contributed by atoms with Crippen molar-refractivity contribution < 1.29 is 13.7 Å². The minimum Gasteiger partial charge on any atom is -0.338 e. The third-order valence-electron chi connectivity index (χ3n) is 4.34. The van der Waals surface area contributed by atoms with Crippen LogP contribution in [0.4, 0.5) is 4.39 Å². The molecule has 0 saturated carbocycles. The molecule has 1 atom stereocenters. The monoisotopic (exact) mass is 341 g/mol. The quantitative estimate of drug-likeness (QED) is 0.791. The summed E-state index contributed by atoms with van der Waals surface area (Å²) in [6.07, 6.45) is 3.35. The molecule has 3 aromatic rings. The van der Waals surface area contributed by atoms with Gasteiger partial charge in [-0.05, 0) is 43.2 Å². The molecule has 128 valence electrons. The van der Waals surface area contributed by atoms with Gasteiger partial charge in [-0.25, -0.2) is 4.39 Å². The molecule has 0 bridgehead atoms. The number of rotatable bonds is 3. The maximum Gasteiger partial charge on any atom is 0.275 e. The Bertz CT molecular complexity index is 860. The van der Waals surface area contributed by atoms with E-state index in [4.69, 9.17) is 4.52 Å². The largest absolute Gasteiger partial charge is 0.338 e. The summed E-state index contributed by atoms with van der Waals surface area (Å²) in [5.74, 6) is 0.516. The summed E-state index contributed by atoms with van der Waals surface area (Å²) in [4.78, 5) is 18.8. The van der Waals surface area contributed by atoms with Gasteiger partial charge in [0, 0.05) is 30.8 Å². The SMILES string of the molecule is O=C(c1ccc(F)cc1)N1CCCC(c2noc(-c3ccn[nH]3)n2)C1. The Kier molecular flexibility index (Phi) is 4.01. The summed E-state index contributed by atoms with van der Waals surface area (Å²) in [7, 11) is 0. The normalized spacial score (nSPS) is 17.6. The minimum absolute atomic E-state index is 0.0126. The molecular formula is C17H16FN5O2. The van der Waals surface area contributed by atoms with Gasteiger partial charge in [-0.1, -0.05) is 5.16 Å². The number of amides is 1. The van der Waals surface area contributed by atoms with E-state index in [1.807, 2.05) is 0 Å². The number of H-pyrrole nitrogens is 1. The lowest BCUT2D eigenvalue weighted by Crippen LogP contribution is -2.39. The van der Waals surface area contributed by atoms with E-state index in [1.54, 1.807) is 17.2 Å². The van der Waals surface area contributed by atoms with Gasteiger partial charge in [0.2, 0.25) is 0 Å². The zero-order valence-corrected chi connectivity index (χ0v) is 13.4. The molecule has 8 heteroatoms. The molecule has 1 N–H and O–H groups in total. The van der Waals surface area contributed by atoms with Crippen molar-refractivity contribution in [1.82, 2.24) is 25.2 Å². The number of nitrogens with zero attached hydrogens (tertiary/aromatic N) is 4. The summed E-state index contributed by atoms with van der Waals surface area (Å²) in [6.45, 7) is 1.18. The first-order chi connectivity index (χ1) is 12.2. The Hall–Kier alpha value is -3.03. The first-order valence-electron chi connectivity index (χ1n) is 8.09. The van der Waals surface area contributed by atoms with E-state index in [2.05, 4.69) is 20.3 Å². The standard InChI is InChI=1S/C17H16FN5O2/c18-13-5-3-11(4-6-13)17(24)23-9-1-2-12(10-23)15-20-16(25-22-15)14-7-8-19-21-14/h3-8,12H,1-2,9-10H2,(H,19,21). The second-order valence-electron chi connectivity index (χ2n) is 6.03. The molecule has 0 radical (unpaired) electrons. The van der Waals surface area contributed by atoms with Crippen LogP contribution >= 0.6 is 0 Å². The number of nitrogens with one attached hydrogen (secondary N) is 1. The number of aromatic amines is 1. The van der Waals surface area contributed by atoms with Gasteiger partial charge in [-0.15, -0.1) is 0 Å². The predicted molar refractivity (Wildman–Crippen MR) is 86.2 cm³/mol. The summed E-state index contributed by atoms with van der Waals surface area (Å²) in [5.41, 5.74) is 1.14. The van der Waals surface area contributed by atoms with Crippen LogP contribution in [-0.2, 0) is 0 Å². The van der Waals surface area contributed by atoms with Gasteiger partial charge in [-0.2, -0.15) is 10.1 Å². The fourth-order valence-electron chi connectivity index (χ4n) is 3.03. The Labute approximate surface area is 142 Å². The molecule has 7 nitrogen and oxygen atoms in total. The smallest absolute Gasteiger partial charge is 0.275 e. The fourth-order valence-corrected chi connectivity index (χ4v) is 3.03. The summed E-state index contributed by atoms with van der Waals surface area (Å²) in [6, 6.07) is 7.36. The maximum absolute atomic E-state index is 13.0. The average molecular weight is 341 g/mol. The van der Waals surface area contributed by atoms with Crippen LogP contribution in [0.25, 0.3) is 11.6 Å². The third kappa shape index (κ3) is 3.15. The van der Waals surface area contributed by atoms with Gasteiger partial charge in [0.15, 0.2) is 5.82 Å². The van der Waals surface area contributed by atoms with E-state index in [0.717, 1.165) is 12.8 Å². The van der Waals surface area contributed by atoms with Crippen molar-refractivity contribution in [2.24, 2.45) is 0 Å². The van der Waals surface area contributed by atoms with E-state index in [1.165, 1.54) is 24.3 Å². The molecule has 1 amide bonds. The number of aromatic nitrogens is 4. The molecule has 25 heavy (non-hydrogen) atoms. The van der Waals surface area contributed by atoms with Crippen molar-refractivity contribution in [2.75, 3.05) is 13.1 Å². The Morgan fingerprint density at radius 3 is 2.88 bits per heavy atom. The summed E-state index contributed by atoms with van der Waals surface area (Å²) >= 11 is 0. The lowest BCUT2D eigenvalue weighted by molar-refractivity contribution is 0.0703. The Morgan fingerprint density at radius 1 is 1.28 bits per heavy atom. The van der Waals surface area contributed by atoms with E-state index in [-0.39, 0.29) is 17.6 Å². The molecule has 1 unspecified atom stereocenters. The van der Waals surface area contributed by atoms with Gasteiger partial charge in [0.05, 0.1) is 0 Å². The highest BCUT2D eigenvalue weighted by atomic mass is 19.1. The second-order valence-corrected chi connectivity index (χ2v) is 6.03. The highest BCUT2D eigenvalue weighted by molar-refractivity contribution is 5.94. The molecule has 3 heterocycles. The van der Waals surface area contributed by atoms with Crippen LogP contribution in [-0.4, -0.2) is 44.2 Å². The molecule has 4 rings (SSSR count). The highest BCUT2D eigenvalue weighted by Crippen LogP contribution is 2.27. The van der Waals surface area contributed by atoms with Gasteiger partial charge >= 0.3 is 0 Å². The van der Waals surface area contributed by atoms with E-state index in [9.17, 15) is 9.18 Å². The molecule has 1 fully saturated rings. The van der Waals surface area contributed by atoms with Crippen molar-refractivity contribution in [3.63, 3.8) is 0 Å². The molecule has 2 aromatic heterocycles. The summed E-state index contributed by atoms with van der Waals surface area (Å²) in [5, 5.41) is 10.7. The first kappa shape index (κ1) is 15.5. The van der Waals surface area contributed by atoms with Crippen molar-refractivity contribution in [3.8, 4) is 11.6 Å². The van der Waals surface area contributed by atoms with E-state index < -0.39 is 0 Å². The van der Waals surface area contributed by atoms with Gasteiger partial charge in [0.25, 0.3) is 11.8 Å². The zero-order valence-electron chi connectivity index (χ0n) is 13.4. The number of halogens is 1. The number of hydrogen-bond donors (Lipinski definition) is 1. The maximum atomic E-state index is 13.0. The third-order valence-corrected chi connectivity index (χ3v) is 4.34. The van der Waals surface area contributed by atoms with Crippen LogP contribution in [0, 0.1) is 5.82 Å². The van der Waals surface area contributed by atoms with Crippen molar-refractivity contribution >= 4 is 5.91 Å². The van der Waals surface area contributed by atoms with Crippen molar-refractivity contribution in [1.29, 1.82) is 0 Å². The number of likely N-dealkylation sites (tertiary alicyclic amines) is 1. The van der Waals surface area contributed by atoms with E-state index in [0.29, 0.717) is 36.1 Å². The number of benzene rings is 1. The topological polar surface area (TPSA) is 87.9 Å². The Morgan fingerprint density at radius 2 is 2.12 bits per heavy atom. The lowest BCUT2D eigenvalue weighted by Gasteiger charge is -2.31. The molecule has 0 aliphatic carbocycles. The molecule has 0 spiro atoms. The average Bonchev–Trinajstić information content (AvgIpc) is 3.33. The number of piperidine rings is 1. The number of carbonyl (C=O) groups is 1. The van der Waals surface area contributed by atoms with E-state index >= 15 is 0 Å². The predicted octanol–water partition coefficient (Wildman–Crippen LogP) is 2.62. The first-order valence-corrected chi connectivity index (χ1v) is 8.09. The van der Waals surface area contributed by atoms with Gasteiger partial charge < -0.3 is 9.42 Å². The lowest BCUT2D eigenvalue weighted by atomic mass is 9.96. The van der Waals surface area contributed by atoms with Crippen molar-refractivity contribution in [2.45, 2.75) is 18.8 Å². The molecular weight excluding hydrogens is 325 g/mol. The van der Waals surface area contributed by atoms with Crippen LogP contribution in [0.15, 0.2) is 41.1 Å². The Balaban J connectivity index is 1.49. The van der Waals surface area contributed by atoms with Crippen LogP contribution in [0.5, 0.6) is 0 Å². The van der Waals surface area contributed by atoms with Crippen LogP contribution in [0.1, 0.15) is 34.9 Å². The highest BCUT2D eigenvalue weighted by Gasteiger charge is 2.28. The second kappa shape index (κ2) is 6.46. The van der Waals surface area contributed by atoms with Crippen LogP contribution in [0.3, 0.4) is 0 Å². The fraction of sp³-hybridized carbons (Fsp3) is 0.294. The number of carbonyl (C=O) groups excluding carboxylic acids is 1. The minimum atomic E-state index is -0.355. The molecule has 1 aliphatic heterocycles. The van der Waals surface area contributed by atoms with Crippen LogP contribution < -0.4 is 0 Å². The van der Waals surface area contributed by atoms with Crippen LogP contribution in [0.2, 0.25) is 0 Å². The van der Waals surface area contributed by atoms with Gasteiger partial charge in [0.1, 0.15) is 11.5 Å². The molecule has 1 aliphatic rings. The molecule has 1 aromatic carbocycles. The summed E-state index contributed by atoms with van der Waals surface area (Å²) < 4.78 is 18.3. The number of hydrogen-bond acceptors (Lipinski definition) is 5. The van der Waals surface area contributed by atoms with Crippen molar-refractivity contribution in [3.05, 3.63) is 53.7 Å². The van der Waals surface area contributed by atoms with Gasteiger partial charge in [-0.3, -0.25) is 9.89 Å². The molecule has 1 saturated heterocycles. The zero-order chi connectivity index (χ0) is 17.2.